The molecule has 2 fully saturated rings. The Balaban J connectivity index is 1.81. The molecule has 114 valence electrons. The van der Waals surface area contributed by atoms with Gasteiger partial charge in [0.25, 0.3) is 0 Å². The summed E-state index contributed by atoms with van der Waals surface area (Å²) in [4.78, 5) is 23.2. The van der Waals surface area contributed by atoms with E-state index in [0.717, 1.165) is 6.42 Å². The van der Waals surface area contributed by atoms with E-state index in [0.29, 0.717) is 31.4 Å². The summed E-state index contributed by atoms with van der Waals surface area (Å²) in [5, 5.41) is 14.6. The van der Waals surface area contributed by atoms with E-state index in [-0.39, 0.29) is 6.61 Å². The van der Waals surface area contributed by atoms with E-state index in [4.69, 9.17) is 4.74 Å². The first-order valence-corrected chi connectivity index (χ1v) is 7.41. The van der Waals surface area contributed by atoms with Gasteiger partial charge in [-0.2, -0.15) is 0 Å². The molecule has 0 bridgehead atoms. The Morgan fingerprint density at radius 3 is 2.70 bits per heavy atom. The van der Waals surface area contributed by atoms with Crippen LogP contribution in [0.15, 0.2) is 0 Å². The maximum atomic E-state index is 11.9. The van der Waals surface area contributed by atoms with Crippen molar-refractivity contribution in [3.05, 3.63) is 0 Å². The number of rotatable bonds is 4. The van der Waals surface area contributed by atoms with Gasteiger partial charge in [-0.1, -0.05) is 26.2 Å². The van der Waals surface area contributed by atoms with Crippen LogP contribution in [0.3, 0.4) is 0 Å². The normalized spacial score (nSPS) is 33.6. The first kappa shape index (κ1) is 15.1. The average molecular weight is 284 g/mol. The number of hydrogen-bond donors (Lipinski definition) is 3. The topological polar surface area (TPSA) is 87.7 Å². The first-order valence-electron chi connectivity index (χ1n) is 7.41. The average Bonchev–Trinajstić information content (AvgIpc) is 2.88. The number of ether oxygens (including phenoxy) is 1. The van der Waals surface area contributed by atoms with Crippen molar-refractivity contribution in [1.29, 1.82) is 0 Å². The van der Waals surface area contributed by atoms with Gasteiger partial charge in [0, 0.05) is 19.6 Å². The first-order chi connectivity index (χ1) is 9.53. The molecule has 3 atom stereocenters. The number of carbonyl (C=O) groups is 2. The van der Waals surface area contributed by atoms with Crippen LogP contribution in [0.4, 0.5) is 4.79 Å². The largest absolute Gasteiger partial charge is 0.479 e. The maximum absolute atomic E-state index is 11.9. The molecule has 6 nitrogen and oxygen atoms in total. The molecule has 3 N–H and O–H groups in total. The summed E-state index contributed by atoms with van der Waals surface area (Å²) in [7, 11) is 0. The molecule has 1 heterocycles. The number of aliphatic carboxylic acids is 1. The lowest BCUT2D eigenvalue weighted by molar-refractivity contribution is -0.144. The molecule has 2 rings (SSSR count). The van der Waals surface area contributed by atoms with E-state index in [1.807, 2.05) is 0 Å². The molecule has 0 aromatic rings. The van der Waals surface area contributed by atoms with Crippen LogP contribution in [0.1, 0.15) is 39.0 Å². The third-order valence-electron chi connectivity index (χ3n) is 4.60. The van der Waals surface area contributed by atoms with Crippen molar-refractivity contribution < 1.29 is 19.4 Å². The van der Waals surface area contributed by atoms with Crippen molar-refractivity contribution in [2.24, 2.45) is 11.8 Å². The van der Waals surface area contributed by atoms with Gasteiger partial charge < -0.3 is 20.5 Å². The zero-order valence-corrected chi connectivity index (χ0v) is 12.0. The zero-order valence-electron chi connectivity index (χ0n) is 12.0. The van der Waals surface area contributed by atoms with Crippen LogP contribution in [0.5, 0.6) is 0 Å². The number of amides is 2. The minimum absolute atomic E-state index is 0.0373. The van der Waals surface area contributed by atoms with Gasteiger partial charge in [0.1, 0.15) is 0 Å². The van der Waals surface area contributed by atoms with E-state index >= 15 is 0 Å². The lowest BCUT2D eigenvalue weighted by atomic mass is 9.80. The van der Waals surface area contributed by atoms with Gasteiger partial charge >= 0.3 is 12.0 Å². The third kappa shape index (κ3) is 3.42. The molecule has 1 saturated heterocycles. The molecule has 1 saturated carbocycles. The van der Waals surface area contributed by atoms with Gasteiger partial charge in [-0.05, 0) is 18.3 Å². The second-order valence-corrected chi connectivity index (χ2v) is 6.05. The lowest BCUT2D eigenvalue weighted by Gasteiger charge is -2.30. The van der Waals surface area contributed by atoms with E-state index < -0.39 is 17.5 Å². The lowest BCUT2D eigenvalue weighted by Crippen LogP contribution is -2.58. The molecule has 20 heavy (non-hydrogen) atoms. The van der Waals surface area contributed by atoms with Gasteiger partial charge in [0.05, 0.1) is 6.61 Å². The number of hydrogen-bond acceptors (Lipinski definition) is 3. The highest BCUT2D eigenvalue weighted by Crippen LogP contribution is 2.28. The summed E-state index contributed by atoms with van der Waals surface area (Å²) in [5.74, 6) is 0.0820. The number of urea groups is 1. The predicted molar refractivity (Wildman–Crippen MR) is 73.5 cm³/mol. The van der Waals surface area contributed by atoms with Crippen molar-refractivity contribution in [2.75, 3.05) is 19.8 Å². The highest BCUT2D eigenvalue weighted by atomic mass is 16.5. The fourth-order valence-corrected chi connectivity index (χ4v) is 3.07. The Morgan fingerprint density at radius 1 is 1.35 bits per heavy atom. The van der Waals surface area contributed by atoms with Crippen LogP contribution in [-0.2, 0) is 9.53 Å². The van der Waals surface area contributed by atoms with Crippen molar-refractivity contribution >= 4 is 12.0 Å². The fourth-order valence-electron chi connectivity index (χ4n) is 3.07. The molecule has 0 aromatic carbocycles. The summed E-state index contributed by atoms with van der Waals surface area (Å²) in [5.41, 5.74) is -1.26. The van der Waals surface area contributed by atoms with Crippen LogP contribution in [-0.4, -0.2) is 42.4 Å². The zero-order chi connectivity index (χ0) is 14.6. The summed E-state index contributed by atoms with van der Waals surface area (Å²) in [6.07, 6.45) is 5.14. The van der Waals surface area contributed by atoms with Gasteiger partial charge in [0.15, 0.2) is 5.54 Å². The Hall–Kier alpha value is -1.30. The fraction of sp³-hybridized carbons (Fsp3) is 0.857. The molecule has 1 aliphatic heterocycles. The highest BCUT2D eigenvalue weighted by Gasteiger charge is 2.44. The summed E-state index contributed by atoms with van der Waals surface area (Å²) < 4.78 is 5.11. The Labute approximate surface area is 119 Å². The predicted octanol–water partition coefficient (Wildman–Crippen LogP) is 1.36. The summed E-state index contributed by atoms with van der Waals surface area (Å²) >= 11 is 0. The molecular weight excluding hydrogens is 260 g/mol. The van der Waals surface area contributed by atoms with Crippen LogP contribution < -0.4 is 10.6 Å². The van der Waals surface area contributed by atoms with Gasteiger partial charge in [0.2, 0.25) is 0 Å². The summed E-state index contributed by atoms with van der Waals surface area (Å²) in [6.45, 7) is 3.23. The Kier molecular flexibility index (Phi) is 4.86. The van der Waals surface area contributed by atoms with Crippen molar-refractivity contribution in [3.8, 4) is 0 Å². The van der Waals surface area contributed by atoms with Gasteiger partial charge in [-0.15, -0.1) is 0 Å². The van der Waals surface area contributed by atoms with E-state index in [1.54, 1.807) is 0 Å². The van der Waals surface area contributed by atoms with E-state index in [1.165, 1.54) is 19.3 Å². The Bertz CT molecular complexity index is 366. The molecule has 0 radical (unpaired) electrons. The maximum Gasteiger partial charge on any atom is 0.332 e. The van der Waals surface area contributed by atoms with Gasteiger partial charge in [-0.3, -0.25) is 0 Å². The van der Waals surface area contributed by atoms with Crippen LogP contribution in [0, 0.1) is 11.8 Å². The smallest absolute Gasteiger partial charge is 0.332 e. The molecule has 3 unspecified atom stereocenters. The SMILES string of the molecule is CC1CCCCC1CNC(=O)NC1(C(=O)O)CCOC1. The standard InChI is InChI=1S/C14H24N2O4/c1-10-4-2-3-5-11(10)8-15-13(19)16-14(12(17)18)6-7-20-9-14/h10-11H,2-9H2,1H3,(H,17,18)(H2,15,16,19). The minimum atomic E-state index is -1.26. The molecule has 0 spiro atoms. The summed E-state index contributed by atoms with van der Waals surface area (Å²) in [6, 6.07) is -0.407. The number of nitrogens with one attached hydrogen (secondary N) is 2. The Morgan fingerprint density at radius 2 is 2.10 bits per heavy atom. The van der Waals surface area contributed by atoms with Crippen LogP contribution in [0.25, 0.3) is 0 Å². The molecule has 1 aliphatic carbocycles. The molecule has 6 heteroatoms. The number of carboxylic acid groups (broad SMARTS) is 1. The van der Waals surface area contributed by atoms with Crippen LogP contribution >= 0.6 is 0 Å². The van der Waals surface area contributed by atoms with E-state index in [9.17, 15) is 14.7 Å². The van der Waals surface area contributed by atoms with Crippen molar-refractivity contribution in [3.63, 3.8) is 0 Å². The van der Waals surface area contributed by atoms with Crippen molar-refractivity contribution in [1.82, 2.24) is 10.6 Å². The molecule has 2 aliphatic rings. The monoisotopic (exact) mass is 284 g/mol. The highest BCUT2D eigenvalue weighted by molar-refractivity contribution is 5.86. The molecular formula is C14H24N2O4. The second kappa shape index (κ2) is 6.43. The molecule has 0 aromatic heterocycles. The van der Waals surface area contributed by atoms with Gasteiger partial charge in [-0.25, -0.2) is 9.59 Å². The quantitative estimate of drug-likeness (QED) is 0.727. The van der Waals surface area contributed by atoms with Crippen LogP contribution in [0.2, 0.25) is 0 Å². The minimum Gasteiger partial charge on any atom is -0.479 e. The second-order valence-electron chi connectivity index (χ2n) is 6.05. The number of carboxylic acids is 1. The molecule has 2 amide bonds. The van der Waals surface area contributed by atoms with Crippen molar-refractivity contribution in [2.45, 2.75) is 44.6 Å². The van der Waals surface area contributed by atoms with E-state index in [2.05, 4.69) is 17.6 Å². The number of carbonyl (C=O) groups excluding carboxylic acids is 1. The third-order valence-corrected chi connectivity index (χ3v) is 4.60.